The second kappa shape index (κ2) is 8.89. The Kier molecular flexibility index (Phi) is 6.02. The van der Waals surface area contributed by atoms with E-state index in [1.807, 2.05) is 42.5 Å². The zero-order valence-corrected chi connectivity index (χ0v) is 18.8. The highest BCUT2D eigenvalue weighted by molar-refractivity contribution is 7.88. The molecule has 7 nitrogen and oxygen atoms in total. The van der Waals surface area contributed by atoms with E-state index in [0.717, 1.165) is 33.2 Å². The molecule has 0 bridgehead atoms. The summed E-state index contributed by atoms with van der Waals surface area (Å²) < 4.78 is 16.6. The number of aromatic carboxylic acids is 1. The van der Waals surface area contributed by atoms with Crippen molar-refractivity contribution >= 4 is 55.8 Å². The van der Waals surface area contributed by atoms with Crippen molar-refractivity contribution in [2.24, 2.45) is 0 Å². The SMILES string of the molecule is CC(=O)Nc1nc(C)c(S(=O)Nc2ccc(-c3cccc(C(=O)O)c3)c3ccccc23)s1. The highest BCUT2D eigenvalue weighted by Gasteiger charge is 2.17. The molecule has 0 saturated heterocycles. The lowest BCUT2D eigenvalue weighted by Gasteiger charge is -2.13. The molecule has 0 saturated carbocycles. The zero-order valence-electron chi connectivity index (χ0n) is 17.2. The summed E-state index contributed by atoms with van der Waals surface area (Å²) in [5.74, 6) is -1.22. The molecule has 0 aliphatic heterocycles. The number of carbonyl (C=O) groups is 2. The van der Waals surface area contributed by atoms with Crippen LogP contribution in [0.3, 0.4) is 0 Å². The predicted molar refractivity (Wildman–Crippen MR) is 128 cm³/mol. The average molecular weight is 466 g/mol. The minimum absolute atomic E-state index is 0.213. The van der Waals surface area contributed by atoms with E-state index < -0.39 is 17.0 Å². The normalized spacial score (nSPS) is 11.8. The molecule has 1 aromatic heterocycles. The molecule has 4 aromatic rings. The summed E-state index contributed by atoms with van der Waals surface area (Å²) in [6.07, 6.45) is 0. The van der Waals surface area contributed by atoms with Crippen LogP contribution in [0.15, 0.2) is 64.9 Å². The Morgan fingerprint density at radius 1 is 1.03 bits per heavy atom. The van der Waals surface area contributed by atoms with Crippen LogP contribution in [0.5, 0.6) is 0 Å². The van der Waals surface area contributed by atoms with Crippen LogP contribution in [0.4, 0.5) is 10.8 Å². The minimum atomic E-state index is -1.58. The first-order chi connectivity index (χ1) is 15.3. The Labute approximate surface area is 190 Å². The van der Waals surface area contributed by atoms with Gasteiger partial charge in [0.15, 0.2) is 16.1 Å². The smallest absolute Gasteiger partial charge is 0.335 e. The Morgan fingerprint density at radius 2 is 1.78 bits per heavy atom. The molecule has 3 N–H and O–H groups in total. The van der Waals surface area contributed by atoms with Crippen LogP contribution >= 0.6 is 11.3 Å². The zero-order chi connectivity index (χ0) is 22.8. The van der Waals surface area contributed by atoms with E-state index in [-0.39, 0.29) is 11.5 Å². The lowest BCUT2D eigenvalue weighted by atomic mass is 9.96. The summed E-state index contributed by atoms with van der Waals surface area (Å²) in [5, 5.41) is 14.1. The van der Waals surface area contributed by atoms with Crippen molar-refractivity contribution < 1.29 is 18.9 Å². The van der Waals surface area contributed by atoms with Gasteiger partial charge < -0.3 is 10.4 Å². The van der Waals surface area contributed by atoms with Crippen LogP contribution in [0.25, 0.3) is 21.9 Å². The average Bonchev–Trinajstić information content (AvgIpc) is 3.13. The maximum absolute atomic E-state index is 13.0. The molecular formula is C23H19N3O4S2. The number of thiazole rings is 1. The van der Waals surface area contributed by atoms with Gasteiger partial charge in [0, 0.05) is 12.3 Å². The lowest BCUT2D eigenvalue weighted by Crippen LogP contribution is -2.05. The van der Waals surface area contributed by atoms with Crippen molar-refractivity contribution in [3.8, 4) is 11.1 Å². The number of hydrogen-bond donors (Lipinski definition) is 3. The third kappa shape index (κ3) is 4.39. The summed E-state index contributed by atoms with van der Waals surface area (Å²) in [6, 6.07) is 18.1. The fourth-order valence-electron chi connectivity index (χ4n) is 3.36. The van der Waals surface area contributed by atoms with Gasteiger partial charge in [0.05, 0.1) is 16.9 Å². The van der Waals surface area contributed by atoms with Crippen LogP contribution in [0, 0.1) is 6.92 Å². The van der Waals surface area contributed by atoms with Crippen LogP contribution in [-0.4, -0.2) is 26.2 Å². The third-order valence-corrected chi connectivity index (χ3v) is 7.36. The van der Waals surface area contributed by atoms with Gasteiger partial charge in [0.25, 0.3) is 0 Å². The minimum Gasteiger partial charge on any atom is -0.478 e. The summed E-state index contributed by atoms with van der Waals surface area (Å²) in [5.41, 5.74) is 3.13. The number of nitrogens with zero attached hydrogens (tertiary/aromatic N) is 1. The van der Waals surface area contributed by atoms with Gasteiger partial charge in [0.2, 0.25) is 5.91 Å². The van der Waals surface area contributed by atoms with Crippen molar-refractivity contribution in [1.29, 1.82) is 0 Å². The number of aromatic nitrogens is 1. The summed E-state index contributed by atoms with van der Waals surface area (Å²) in [7, 11) is -1.58. The van der Waals surface area contributed by atoms with Crippen molar-refractivity contribution in [3.63, 3.8) is 0 Å². The van der Waals surface area contributed by atoms with Crippen molar-refractivity contribution in [2.75, 3.05) is 10.0 Å². The number of carboxylic acids is 1. The first-order valence-electron chi connectivity index (χ1n) is 9.62. The largest absolute Gasteiger partial charge is 0.478 e. The van der Waals surface area contributed by atoms with Gasteiger partial charge in [-0.05, 0) is 41.6 Å². The quantitative estimate of drug-likeness (QED) is 0.369. The van der Waals surface area contributed by atoms with Gasteiger partial charge in [-0.15, -0.1) is 0 Å². The number of anilines is 2. The van der Waals surface area contributed by atoms with E-state index in [4.69, 9.17) is 0 Å². The monoisotopic (exact) mass is 465 g/mol. The Bertz CT molecular complexity index is 1380. The van der Waals surface area contributed by atoms with Gasteiger partial charge in [-0.3, -0.25) is 9.52 Å². The number of aryl methyl sites for hydroxylation is 1. The number of nitrogens with one attached hydrogen (secondary N) is 2. The number of carboxylic acid groups (broad SMARTS) is 1. The van der Waals surface area contributed by atoms with Gasteiger partial charge in [0.1, 0.15) is 4.21 Å². The summed E-state index contributed by atoms with van der Waals surface area (Å²) in [4.78, 5) is 26.9. The molecule has 162 valence electrons. The van der Waals surface area contributed by atoms with Gasteiger partial charge in [-0.25, -0.2) is 14.0 Å². The highest BCUT2D eigenvalue weighted by Crippen LogP contribution is 2.35. The molecule has 0 fully saturated rings. The van der Waals surface area contributed by atoms with E-state index in [0.29, 0.717) is 20.7 Å². The fourth-order valence-corrected chi connectivity index (χ4v) is 5.56. The molecule has 0 spiro atoms. The number of benzene rings is 3. The molecule has 4 rings (SSSR count). The molecule has 0 aliphatic carbocycles. The first kappa shape index (κ1) is 21.7. The molecule has 1 atom stereocenters. The first-order valence-corrected chi connectivity index (χ1v) is 11.6. The molecule has 0 aliphatic rings. The molecule has 1 heterocycles. The molecule has 0 radical (unpaired) electrons. The molecule has 1 amide bonds. The molecular weight excluding hydrogens is 446 g/mol. The second-order valence-corrected chi connectivity index (χ2v) is 9.44. The predicted octanol–water partition coefficient (Wildman–Crippen LogP) is 5.06. The van der Waals surface area contributed by atoms with Crippen molar-refractivity contribution in [2.45, 2.75) is 18.1 Å². The molecule has 32 heavy (non-hydrogen) atoms. The fraction of sp³-hybridized carbons (Fsp3) is 0.0870. The van der Waals surface area contributed by atoms with E-state index in [2.05, 4.69) is 15.0 Å². The van der Waals surface area contributed by atoms with E-state index in [1.165, 1.54) is 6.92 Å². The highest BCUT2D eigenvalue weighted by atomic mass is 32.2. The number of hydrogen-bond acceptors (Lipinski definition) is 5. The number of carbonyl (C=O) groups excluding carboxylic acids is 1. The Balaban J connectivity index is 1.71. The second-order valence-electron chi connectivity index (χ2n) is 7.04. The number of rotatable bonds is 6. The third-order valence-electron chi connectivity index (χ3n) is 4.75. The Hall–Kier alpha value is -3.56. The molecule has 1 unspecified atom stereocenters. The van der Waals surface area contributed by atoms with Crippen LogP contribution in [-0.2, 0) is 15.8 Å². The Morgan fingerprint density at radius 3 is 2.50 bits per heavy atom. The van der Waals surface area contributed by atoms with Crippen molar-refractivity contribution in [3.05, 3.63) is 71.9 Å². The van der Waals surface area contributed by atoms with Crippen molar-refractivity contribution in [1.82, 2.24) is 4.98 Å². The van der Waals surface area contributed by atoms with Crippen LogP contribution in [0.1, 0.15) is 23.0 Å². The maximum atomic E-state index is 13.0. The summed E-state index contributed by atoms with van der Waals surface area (Å²) >= 11 is 1.16. The van der Waals surface area contributed by atoms with Crippen LogP contribution < -0.4 is 10.0 Å². The van der Waals surface area contributed by atoms with E-state index in [1.54, 1.807) is 25.1 Å². The van der Waals surface area contributed by atoms with E-state index in [9.17, 15) is 18.9 Å². The molecule has 3 aromatic carbocycles. The molecule has 9 heteroatoms. The van der Waals surface area contributed by atoms with E-state index >= 15 is 0 Å². The number of fused-ring (bicyclic) bond motifs is 1. The van der Waals surface area contributed by atoms with Crippen LogP contribution in [0.2, 0.25) is 0 Å². The lowest BCUT2D eigenvalue weighted by molar-refractivity contribution is -0.114. The summed E-state index contributed by atoms with van der Waals surface area (Å²) in [6.45, 7) is 3.14. The van der Waals surface area contributed by atoms with Gasteiger partial charge >= 0.3 is 5.97 Å². The maximum Gasteiger partial charge on any atom is 0.335 e. The van der Waals surface area contributed by atoms with Gasteiger partial charge in [-0.2, -0.15) is 0 Å². The standard InChI is InChI=1S/C23H19N3O4S2/c1-13-22(31-23(24-13)25-14(2)27)32(30)26-20-11-10-17(18-8-3-4-9-19(18)20)15-6-5-7-16(12-15)21(28)29/h3-12,26H,1-2H3,(H,28,29)(H,24,25,27). The number of amides is 1. The van der Waals surface area contributed by atoms with Gasteiger partial charge in [-0.1, -0.05) is 53.8 Å². The topological polar surface area (TPSA) is 108 Å².